The minimum Gasteiger partial charge on any atom is -0.340 e. The molecule has 1 heterocycles. The lowest BCUT2D eigenvalue weighted by Crippen LogP contribution is -2.49. The molecule has 1 aliphatic heterocycles. The van der Waals surface area contributed by atoms with Gasteiger partial charge in [-0.2, -0.15) is 0 Å². The quantitative estimate of drug-likeness (QED) is 0.785. The third-order valence-electron chi connectivity index (χ3n) is 4.01. The van der Waals surface area contributed by atoms with Crippen LogP contribution < -0.4 is 0 Å². The Hall–Kier alpha value is -1.21. The first-order chi connectivity index (χ1) is 10.5. The fourth-order valence-electron chi connectivity index (χ4n) is 2.84. The molecule has 1 aromatic carbocycles. The molecule has 0 spiro atoms. The molecule has 1 amide bonds. The van der Waals surface area contributed by atoms with Crippen molar-refractivity contribution in [1.82, 2.24) is 9.80 Å². The van der Waals surface area contributed by atoms with E-state index in [1.54, 1.807) is 18.0 Å². The minimum atomic E-state index is -0.132. The Kier molecular flexibility index (Phi) is 6.14. The van der Waals surface area contributed by atoms with Gasteiger partial charge in [-0.1, -0.05) is 47.7 Å². The van der Waals surface area contributed by atoms with Crippen molar-refractivity contribution in [2.75, 3.05) is 20.1 Å². The molecule has 1 fully saturated rings. The molecular formula is C17H20Cl2N2O. The Bertz CT molecular complexity index is 583. The second-order valence-electron chi connectivity index (χ2n) is 5.59. The van der Waals surface area contributed by atoms with Gasteiger partial charge < -0.3 is 4.90 Å². The minimum absolute atomic E-state index is 0.0889. The summed E-state index contributed by atoms with van der Waals surface area (Å²) in [6, 6.07) is 5.34. The normalized spacial score (nSPS) is 18.7. The first-order valence-electron chi connectivity index (χ1n) is 7.40. The van der Waals surface area contributed by atoms with E-state index in [4.69, 9.17) is 29.6 Å². The average Bonchev–Trinajstić information content (AvgIpc) is 2.52. The smallest absolute Gasteiger partial charge is 0.239 e. The van der Waals surface area contributed by atoms with Crippen molar-refractivity contribution in [3.63, 3.8) is 0 Å². The summed E-state index contributed by atoms with van der Waals surface area (Å²) in [6.45, 7) is 1.84. The molecule has 2 rings (SSSR count). The standard InChI is InChI=1S/C17H20Cl2N2O/c1-3-10-21-11-5-4-9-15(21)17(22)20(2)12-13-7-6-8-14(18)16(13)19/h1,6-8,15H,4-5,9-12H2,2H3. The van der Waals surface area contributed by atoms with Gasteiger partial charge in [-0.05, 0) is 31.0 Å². The van der Waals surface area contributed by atoms with Gasteiger partial charge in [0.05, 0.1) is 22.6 Å². The van der Waals surface area contributed by atoms with E-state index in [0.717, 1.165) is 31.4 Å². The van der Waals surface area contributed by atoms with Crippen LogP contribution in [0.4, 0.5) is 0 Å². The van der Waals surface area contributed by atoms with Crippen LogP contribution in [-0.4, -0.2) is 41.9 Å². The molecule has 3 nitrogen and oxygen atoms in total. The number of nitrogens with zero attached hydrogens (tertiary/aromatic N) is 2. The summed E-state index contributed by atoms with van der Waals surface area (Å²) in [5, 5.41) is 1.01. The zero-order valence-electron chi connectivity index (χ0n) is 12.7. The van der Waals surface area contributed by atoms with Crippen molar-refractivity contribution in [3.05, 3.63) is 33.8 Å². The number of hydrogen-bond donors (Lipinski definition) is 0. The predicted octanol–water partition coefficient (Wildman–Crippen LogP) is 3.44. The van der Waals surface area contributed by atoms with Crippen LogP contribution >= 0.6 is 23.2 Å². The number of likely N-dealkylation sites (tertiary alicyclic amines) is 1. The Labute approximate surface area is 142 Å². The third kappa shape index (κ3) is 3.95. The van der Waals surface area contributed by atoms with Crippen LogP contribution in [0.25, 0.3) is 0 Å². The van der Waals surface area contributed by atoms with E-state index in [1.807, 2.05) is 12.1 Å². The van der Waals surface area contributed by atoms with Crippen molar-refractivity contribution in [2.24, 2.45) is 0 Å². The van der Waals surface area contributed by atoms with Crippen molar-refractivity contribution in [3.8, 4) is 12.3 Å². The summed E-state index contributed by atoms with van der Waals surface area (Å²) in [5.41, 5.74) is 0.851. The van der Waals surface area contributed by atoms with Gasteiger partial charge >= 0.3 is 0 Å². The SMILES string of the molecule is C#CCN1CCCCC1C(=O)N(C)Cc1cccc(Cl)c1Cl. The maximum atomic E-state index is 12.7. The van der Waals surface area contributed by atoms with Gasteiger partial charge in [0.1, 0.15) is 0 Å². The van der Waals surface area contributed by atoms with Crippen molar-refractivity contribution in [1.29, 1.82) is 0 Å². The molecule has 0 bridgehead atoms. The van der Waals surface area contributed by atoms with Gasteiger partial charge in [0, 0.05) is 13.6 Å². The molecular weight excluding hydrogens is 319 g/mol. The maximum absolute atomic E-state index is 12.7. The molecule has 1 aliphatic rings. The van der Waals surface area contributed by atoms with Gasteiger partial charge in [-0.15, -0.1) is 6.42 Å². The topological polar surface area (TPSA) is 23.6 Å². The summed E-state index contributed by atoms with van der Waals surface area (Å²) in [6.07, 6.45) is 8.42. The highest BCUT2D eigenvalue weighted by Crippen LogP contribution is 2.27. The highest BCUT2D eigenvalue weighted by Gasteiger charge is 2.30. The number of likely N-dealkylation sites (N-methyl/N-ethyl adjacent to an activating group) is 1. The van der Waals surface area contributed by atoms with Crippen molar-refractivity contribution in [2.45, 2.75) is 31.8 Å². The highest BCUT2D eigenvalue weighted by molar-refractivity contribution is 6.42. The Balaban J connectivity index is 2.08. The number of hydrogen-bond acceptors (Lipinski definition) is 2. The number of halogens is 2. The van der Waals surface area contributed by atoms with E-state index >= 15 is 0 Å². The molecule has 0 radical (unpaired) electrons. The van der Waals surface area contributed by atoms with E-state index in [9.17, 15) is 4.79 Å². The summed E-state index contributed by atoms with van der Waals surface area (Å²) in [5.74, 6) is 2.73. The zero-order chi connectivity index (χ0) is 16.1. The molecule has 0 N–H and O–H groups in total. The van der Waals surface area contributed by atoms with E-state index in [1.165, 1.54) is 0 Å². The molecule has 5 heteroatoms. The van der Waals surface area contributed by atoms with Crippen LogP contribution in [0.15, 0.2) is 18.2 Å². The van der Waals surface area contributed by atoms with E-state index in [0.29, 0.717) is 23.1 Å². The summed E-state index contributed by atoms with van der Waals surface area (Å²) in [4.78, 5) is 16.5. The monoisotopic (exact) mass is 338 g/mol. The van der Waals surface area contributed by atoms with E-state index < -0.39 is 0 Å². The van der Waals surface area contributed by atoms with E-state index in [2.05, 4.69) is 10.8 Å². The molecule has 1 saturated heterocycles. The lowest BCUT2D eigenvalue weighted by atomic mass is 10.0. The number of rotatable bonds is 4. The number of carbonyl (C=O) groups is 1. The molecule has 0 aliphatic carbocycles. The molecule has 0 aromatic heterocycles. The maximum Gasteiger partial charge on any atom is 0.239 e. The van der Waals surface area contributed by atoms with Gasteiger partial charge in [0.25, 0.3) is 0 Å². The first-order valence-corrected chi connectivity index (χ1v) is 8.15. The van der Waals surface area contributed by atoms with Gasteiger partial charge in [-0.3, -0.25) is 9.69 Å². The molecule has 22 heavy (non-hydrogen) atoms. The fraction of sp³-hybridized carbons (Fsp3) is 0.471. The Morgan fingerprint density at radius 2 is 2.23 bits per heavy atom. The fourth-order valence-corrected chi connectivity index (χ4v) is 3.22. The lowest BCUT2D eigenvalue weighted by Gasteiger charge is -2.35. The predicted molar refractivity (Wildman–Crippen MR) is 91.0 cm³/mol. The second kappa shape index (κ2) is 7.87. The Morgan fingerprint density at radius 1 is 1.45 bits per heavy atom. The Morgan fingerprint density at radius 3 is 2.95 bits per heavy atom. The van der Waals surface area contributed by atoms with Gasteiger partial charge in [0.15, 0.2) is 0 Å². The molecule has 0 saturated carbocycles. The molecule has 118 valence electrons. The molecule has 1 aromatic rings. The van der Waals surface area contributed by atoms with Crippen LogP contribution in [0.5, 0.6) is 0 Å². The number of amides is 1. The van der Waals surface area contributed by atoms with Gasteiger partial charge in [0.2, 0.25) is 5.91 Å². The summed E-state index contributed by atoms with van der Waals surface area (Å²) >= 11 is 12.2. The highest BCUT2D eigenvalue weighted by atomic mass is 35.5. The van der Waals surface area contributed by atoms with Crippen LogP contribution in [0, 0.1) is 12.3 Å². The molecule has 1 atom stereocenters. The average molecular weight is 339 g/mol. The number of piperidine rings is 1. The zero-order valence-corrected chi connectivity index (χ0v) is 14.2. The van der Waals surface area contributed by atoms with Crippen LogP contribution in [-0.2, 0) is 11.3 Å². The number of carbonyl (C=O) groups excluding carboxylic acids is 1. The number of benzene rings is 1. The van der Waals surface area contributed by atoms with Gasteiger partial charge in [-0.25, -0.2) is 0 Å². The number of terminal acetylenes is 1. The summed E-state index contributed by atoms with van der Waals surface area (Å²) in [7, 11) is 1.79. The largest absolute Gasteiger partial charge is 0.340 e. The van der Waals surface area contributed by atoms with Crippen LogP contribution in [0.1, 0.15) is 24.8 Å². The second-order valence-corrected chi connectivity index (χ2v) is 6.38. The lowest BCUT2D eigenvalue weighted by molar-refractivity contribution is -0.137. The summed E-state index contributed by atoms with van der Waals surface area (Å²) < 4.78 is 0. The van der Waals surface area contributed by atoms with Crippen molar-refractivity contribution < 1.29 is 4.79 Å². The van der Waals surface area contributed by atoms with Crippen molar-refractivity contribution >= 4 is 29.1 Å². The van der Waals surface area contributed by atoms with E-state index in [-0.39, 0.29) is 11.9 Å². The van der Waals surface area contributed by atoms with Crippen LogP contribution in [0.2, 0.25) is 10.0 Å². The van der Waals surface area contributed by atoms with Crippen LogP contribution in [0.3, 0.4) is 0 Å². The molecule has 1 unspecified atom stereocenters. The first kappa shape index (κ1) is 17.1. The third-order valence-corrected chi connectivity index (χ3v) is 4.87.